The number of nitrogens with one attached hydrogen (secondary N) is 2. The van der Waals surface area contributed by atoms with Crippen LogP contribution in [0.2, 0.25) is 0 Å². The Hall–Kier alpha value is -2.71. The molecule has 2 aromatic rings. The molecule has 0 saturated carbocycles. The Morgan fingerprint density at radius 1 is 0.778 bits per heavy atom. The van der Waals surface area contributed by atoms with Crippen molar-refractivity contribution in [3.63, 3.8) is 0 Å². The van der Waals surface area contributed by atoms with Gasteiger partial charge in [-0.25, -0.2) is 13.6 Å². The topological polar surface area (TPSA) is 118 Å². The Labute approximate surface area is 159 Å². The van der Waals surface area contributed by atoms with E-state index in [9.17, 15) is 18.0 Å². The first-order chi connectivity index (χ1) is 12.9. The summed E-state index contributed by atoms with van der Waals surface area (Å²) in [6.45, 7) is 0.696. The molecule has 0 heterocycles. The van der Waals surface area contributed by atoms with E-state index < -0.39 is 21.8 Å². The average Bonchev–Trinajstić information content (AvgIpc) is 2.65. The lowest BCUT2D eigenvalue weighted by atomic mass is 10.1. The quantitative estimate of drug-likeness (QED) is 0.456. The Bertz CT molecular complexity index is 866. The van der Waals surface area contributed by atoms with Gasteiger partial charge >= 0.3 is 11.8 Å². The molecule has 0 radical (unpaired) electrons. The zero-order valence-corrected chi connectivity index (χ0v) is 15.7. The molecule has 0 fully saturated rings. The van der Waals surface area contributed by atoms with Gasteiger partial charge in [0.25, 0.3) is 0 Å². The largest absolute Gasteiger partial charge is 0.348 e. The van der Waals surface area contributed by atoms with E-state index in [0.717, 1.165) is 18.4 Å². The summed E-state index contributed by atoms with van der Waals surface area (Å²) < 4.78 is 22.4. The van der Waals surface area contributed by atoms with Crippen LogP contribution in [0.1, 0.15) is 17.5 Å². The van der Waals surface area contributed by atoms with Crippen molar-refractivity contribution in [1.82, 2.24) is 10.6 Å². The predicted octanol–water partition coefficient (Wildman–Crippen LogP) is 0.742. The van der Waals surface area contributed by atoms with Crippen LogP contribution in [0.15, 0.2) is 59.5 Å². The van der Waals surface area contributed by atoms with Gasteiger partial charge in [-0.05, 0) is 42.5 Å². The summed E-state index contributed by atoms with van der Waals surface area (Å²) in [7, 11) is -3.72. The number of sulfonamides is 1. The number of hydrogen-bond donors (Lipinski definition) is 3. The van der Waals surface area contributed by atoms with Crippen LogP contribution in [0.5, 0.6) is 0 Å². The number of carbonyl (C=O) groups is 2. The molecule has 0 unspecified atom stereocenters. The van der Waals surface area contributed by atoms with Gasteiger partial charge in [0.1, 0.15) is 0 Å². The van der Waals surface area contributed by atoms with Crippen LogP contribution in [0.3, 0.4) is 0 Å². The molecule has 27 heavy (non-hydrogen) atoms. The molecule has 0 aliphatic heterocycles. The first-order valence-corrected chi connectivity index (χ1v) is 10.1. The molecular formula is C19H23N3O4S. The zero-order valence-electron chi connectivity index (χ0n) is 14.9. The third-order valence-corrected chi connectivity index (χ3v) is 4.86. The molecule has 0 spiro atoms. The number of carbonyl (C=O) groups excluding carboxylic acids is 2. The molecule has 2 amide bonds. The SMILES string of the molecule is NS(=O)(=O)c1ccc(CCNC(=O)C(=O)NCCCc2ccccc2)cc1. The number of amides is 2. The van der Waals surface area contributed by atoms with Gasteiger partial charge in [0.2, 0.25) is 10.0 Å². The number of nitrogens with two attached hydrogens (primary N) is 1. The van der Waals surface area contributed by atoms with Gasteiger partial charge < -0.3 is 10.6 Å². The fourth-order valence-corrected chi connectivity index (χ4v) is 2.98. The summed E-state index contributed by atoms with van der Waals surface area (Å²) in [6.07, 6.45) is 2.05. The second-order valence-electron chi connectivity index (χ2n) is 6.04. The van der Waals surface area contributed by atoms with Crippen molar-refractivity contribution >= 4 is 21.8 Å². The normalized spacial score (nSPS) is 11.0. The summed E-state index contributed by atoms with van der Waals surface area (Å²) in [5.41, 5.74) is 2.01. The summed E-state index contributed by atoms with van der Waals surface area (Å²) in [5, 5.41) is 10.2. The lowest BCUT2D eigenvalue weighted by molar-refractivity contribution is -0.139. The standard InChI is InChI=1S/C19H23N3O4S/c20-27(25,26)17-10-8-16(9-11-17)12-14-22-19(24)18(23)21-13-4-7-15-5-2-1-3-6-15/h1-3,5-6,8-11H,4,7,12-14H2,(H,21,23)(H,22,24)(H2,20,25,26). The lowest BCUT2D eigenvalue weighted by Crippen LogP contribution is -2.41. The van der Waals surface area contributed by atoms with Crippen LogP contribution in [0.4, 0.5) is 0 Å². The van der Waals surface area contributed by atoms with Crippen LogP contribution in [0.25, 0.3) is 0 Å². The van der Waals surface area contributed by atoms with Gasteiger partial charge in [-0.3, -0.25) is 9.59 Å². The summed E-state index contributed by atoms with van der Waals surface area (Å²) in [5.74, 6) is -1.34. The predicted molar refractivity (Wildman–Crippen MR) is 102 cm³/mol. The maximum Gasteiger partial charge on any atom is 0.309 e. The molecule has 0 aliphatic rings. The summed E-state index contributed by atoms with van der Waals surface area (Å²) in [6, 6.07) is 16.0. The molecule has 2 rings (SSSR count). The smallest absolute Gasteiger partial charge is 0.309 e. The second kappa shape index (κ2) is 9.84. The molecule has 144 valence electrons. The summed E-state index contributed by atoms with van der Waals surface area (Å²) >= 11 is 0. The monoisotopic (exact) mass is 389 g/mol. The Balaban J connectivity index is 1.65. The number of primary sulfonamides is 1. The van der Waals surface area contributed by atoms with Gasteiger partial charge in [0.05, 0.1) is 4.90 Å². The van der Waals surface area contributed by atoms with Crippen LogP contribution in [-0.2, 0) is 32.5 Å². The highest BCUT2D eigenvalue weighted by Gasteiger charge is 2.12. The summed E-state index contributed by atoms with van der Waals surface area (Å²) in [4.78, 5) is 23.5. The van der Waals surface area contributed by atoms with Crippen LogP contribution in [0, 0.1) is 0 Å². The zero-order chi connectivity index (χ0) is 19.7. The first-order valence-electron chi connectivity index (χ1n) is 8.58. The molecule has 4 N–H and O–H groups in total. The highest BCUT2D eigenvalue weighted by molar-refractivity contribution is 7.89. The molecule has 0 aromatic heterocycles. The minimum atomic E-state index is -3.72. The number of rotatable bonds is 8. The van der Waals surface area contributed by atoms with Crippen molar-refractivity contribution in [2.45, 2.75) is 24.2 Å². The molecule has 0 saturated heterocycles. The highest BCUT2D eigenvalue weighted by atomic mass is 32.2. The van der Waals surface area contributed by atoms with E-state index in [1.807, 2.05) is 30.3 Å². The van der Waals surface area contributed by atoms with Crippen molar-refractivity contribution in [3.05, 3.63) is 65.7 Å². The average molecular weight is 389 g/mol. The van der Waals surface area contributed by atoms with E-state index in [-0.39, 0.29) is 11.4 Å². The Kier molecular flexibility index (Phi) is 7.51. The van der Waals surface area contributed by atoms with Crippen molar-refractivity contribution in [3.8, 4) is 0 Å². The molecule has 0 atom stereocenters. The van der Waals surface area contributed by atoms with E-state index in [2.05, 4.69) is 10.6 Å². The molecule has 0 aliphatic carbocycles. The fraction of sp³-hybridized carbons (Fsp3) is 0.263. The van der Waals surface area contributed by atoms with Gasteiger partial charge in [-0.2, -0.15) is 0 Å². The third kappa shape index (κ3) is 7.20. The van der Waals surface area contributed by atoms with Crippen LogP contribution >= 0.6 is 0 Å². The minimum absolute atomic E-state index is 0.0326. The lowest BCUT2D eigenvalue weighted by Gasteiger charge is -2.07. The molecular weight excluding hydrogens is 366 g/mol. The highest BCUT2D eigenvalue weighted by Crippen LogP contribution is 2.08. The molecule has 7 nitrogen and oxygen atoms in total. The van der Waals surface area contributed by atoms with Crippen LogP contribution in [-0.4, -0.2) is 33.3 Å². The van der Waals surface area contributed by atoms with Gasteiger partial charge in [-0.1, -0.05) is 42.5 Å². The van der Waals surface area contributed by atoms with Crippen molar-refractivity contribution in [2.24, 2.45) is 5.14 Å². The minimum Gasteiger partial charge on any atom is -0.348 e. The van der Waals surface area contributed by atoms with E-state index in [0.29, 0.717) is 13.0 Å². The van der Waals surface area contributed by atoms with E-state index in [4.69, 9.17) is 5.14 Å². The van der Waals surface area contributed by atoms with Gasteiger partial charge in [0, 0.05) is 13.1 Å². The van der Waals surface area contributed by atoms with E-state index >= 15 is 0 Å². The number of benzene rings is 2. The van der Waals surface area contributed by atoms with Crippen molar-refractivity contribution < 1.29 is 18.0 Å². The third-order valence-electron chi connectivity index (χ3n) is 3.93. The Morgan fingerprint density at radius 2 is 1.33 bits per heavy atom. The van der Waals surface area contributed by atoms with E-state index in [1.54, 1.807) is 12.1 Å². The van der Waals surface area contributed by atoms with Crippen molar-refractivity contribution in [2.75, 3.05) is 13.1 Å². The van der Waals surface area contributed by atoms with Crippen molar-refractivity contribution in [1.29, 1.82) is 0 Å². The molecule has 8 heteroatoms. The van der Waals surface area contributed by atoms with Crippen LogP contribution < -0.4 is 15.8 Å². The Morgan fingerprint density at radius 3 is 1.93 bits per heavy atom. The maximum absolute atomic E-state index is 11.8. The van der Waals surface area contributed by atoms with Gasteiger partial charge in [0.15, 0.2) is 0 Å². The number of hydrogen-bond acceptors (Lipinski definition) is 4. The van der Waals surface area contributed by atoms with Gasteiger partial charge in [-0.15, -0.1) is 0 Å². The first kappa shape index (κ1) is 20.6. The second-order valence-corrected chi connectivity index (χ2v) is 7.60. The number of aryl methyl sites for hydroxylation is 1. The fourth-order valence-electron chi connectivity index (χ4n) is 2.47. The van der Waals surface area contributed by atoms with E-state index in [1.165, 1.54) is 17.7 Å². The molecule has 0 bridgehead atoms. The molecule has 2 aromatic carbocycles. The maximum atomic E-state index is 11.8.